The lowest BCUT2D eigenvalue weighted by Crippen LogP contribution is -2.40. The minimum atomic E-state index is -0.996. The Kier molecular flexibility index (Phi) is 7.74. The lowest BCUT2D eigenvalue weighted by atomic mass is 9.95. The molecule has 2 aromatic carbocycles. The second kappa shape index (κ2) is 11.3. The number of rotatable bonds is 7. The van der Waals surface area contributed by atoms with Gasteiger partial charge in [0.05, 0.1) is 34.0 Å². The van der Waals surface area contributed by atoms with Gasteiger partial charge < -0.3 is 19.3 Å². The number of aryl methyl sites for hydroxylation is 1. The van der Waals surface area contributed by atoms with E-state index in [0.717, 1.165) is 33.9 Å². The van der Waals surface area contributed by atoms with Crippen molar-refractivity contribution in [1.82, 2.24) is 9.13 Å². The molecule has 10 heteroatoms. The fourth-order valence-corrected chi connectivity index (χ4v) is 6.35. The van der Waals surface area contributed by atoms with Crippen LogP contribution in [0.2, 0.25) is 0 Å². The number of nitrogens with zero attached hydrogens (tertiary/aromatic N) is 4. The van der Waals surface area contributed by atoms with E-state index >= 15 is 0 Å². The molecule has 3 heterocycles. The Bertz CT molecular complexity index is 1930. The summed E-state index contributed by atoms with van der Waals surface area (Å²) in [6.07, 6.45) is 1.83. The van der Waals surface area contributed by atoms with E-state index in [0.29, 0.717) is 20.6 Å². The molecule has 0 saturated heterocycles. The second-order valence-electron chi connectivity index (χ2n) is 10.3. The van der Waals surface area contributed by atoms with Crippen LogP contribution in [0.3, 0.4) is 0 Å². The highest BCUT2D eigenvalue weighted by molar-refractivity contribution is 7.07. The fraction of sp³-hybridized carbons (Fsp3) is 0.250. The first kappa shape index (κ1) is 28.8. The first-order valence-electron chi connectivity index (χ1n) is 13.5. The second-order valence-corrected chi connectivity index (χ2v) is 11.3. The van der Waals surface area contributed by atoms with Gasteiger partial charge in [-0.05, 0) is 81.3 Å². The van der Waals surface area contributed by atoms with Crippen molar-refractivity contribution in [3.8, 4) is 5.69 Å². The van der Waals surface area contributed by atoms with E-state index in [1.165, 1.54) is 11.3 Å². The highest BCUT2D eigenvalue weighted by Crippen LogP contribution is 2.31. The zero-order valence-corrected chi connectivity index (χ0v) is 25.2. The minimum absolute atomic E-state index is 0.196. The van der Waals surface area contributed by atoms with E-state index in [1.807, 2.05) is 79.9 Å². The lowest BCUT2D eigenvalue weighted by Gasteiger charge is -2.25. The molecule has 0 aliphatic carbocycles. The van der Waals surface area contributed by atoms with Crippen LogP contribution >= 0.6 is 11.3 Å². The van der Waals surface area contributed by atoms with Crippen LogP contribution in [-0.4, -0.2) is 46.9 Å². The standard InChI is InChI=1S/C32H32N4O5S/c1-7-41-31(40)27-19(3)33-32-36(28(27)21-11-13-24(14-12-21)34(5)6)29(37)26(42-32)17-23-15-18(2)35(20(23)4)25-10-8-9-22(16-25)30(38)39/h8-17,28H,7H2,1-6H3,(H,38,39)/b26-17-/t28-/m0/s1. The number of hydrogen-bond donors (Lipinski definition) is 1. The van der Waals surface area contributed by atoms with E-state index in [2.05, 4.69) is 4.99 Å². The van der Waals surface area contributed by atoms with Gasteiger partial charge in [0, 0.05) is 36.9 Å². The predicted molar refractivity (Wildman–Crippen MR) is 163 cm³/mol. The van der Waals surface area contributed by atoms with Crippen LogP contribution in [0.4, 0.5) is 5.69 Å². The molecular weight excluding hydrogens is 552 g/mol. The molecule has 0 fully saturated rings. The Balaban J connectivity index is 1.67. The number of hydrogen-bond acceptors (Lipinski definition) is 7. The number of carbonyl (C=O) groups is 2. The van der Waals surface area contributed by atoms with Crippen molar-refractivity contribution in [2.75, 3.05) is 25.6 Å². The number of ether oxygens (including phenoxy) is 1. The molecule has 42 heavy (non-hydrogen) atoms. The van der Waals surface area contributed by atoms with Crippen molar-refractivity contribution < 1.29 is 19.4 Å². The molecule has 0 radical (unpaired) electrons. The monoisotopic (exact) mass is 584 g/mol. The number of carbonyl (C=O) groups excluding carboxylic acids is 1. The van der Waals surface area contributed by atoms with Crippen LogP contribution in [0.5, 0.6) is 0 Å². The summed E-state index contributed by atoms with van der Waals surface area (Å²) >= 11 is 1.27. The zero-order valence-electron chi connectivity index (χ0n) is 24.3. The number of allylic oxidation sites excluding steroid dienone is 1. The first-order valence-corrected chi connectivity index (χ1v) is 14.3. The number of esters is 1. The normalized spacial score (nSPS) is 14.9. The van der Waals surface area contributed by atoms with Crippen molar-refractivity contribution >= 4 is 35.0 Å². The third-order valence-corrected chi connectivity index (χ3v) is 8.33. The summed E-state index contributed by atoms with van der Waals surface area (Å²) in [6, 6.07) is 15.8. The van der Waals surface area contributed by atoms with Gasteiger partial charge in [0.25, 0.3) is 5.56 Å². The van der Waals surface area contributed by atoms with Crippen molar-refractivity contribution in [3.63, 3.8) is 0 Å². The molecule has 5 rings (SSSR count). The van der Waals surface area contributed by atoms with Crippen LogP contribution in [-0.2, 0) is 9.53 Å². The van der Waals surface area contributed by atoms with Gasteiger partial charge in [0.1, 0.15) is 0 Å². The average molecular weight is 585 g/mol. The Labute approximate surface area is 246 Å². The molecule has 1 atom stereocenters. The van der Waals surface area contributed by atoms with Gasteiger partial charge in [0.2, 0.25) is 0 Å². The maximum Gasteiger partial charge on any atom is 0.338 e. The van der Waals surface area contributed by atoms with Gasteiger partial charge in [-0.1, -0.05) is 29.5 Å². The Morgan fingerprint density at radius 3 is 2.45 bits per heavy atom. The maximum absolute atomic E-state index is 14.0. The SMILES string of the molecule is CCOC(=O)C1=C(C)N=c2s/c(=C\c3cc(C)n(-c4cccc(C(=O)O)c4)c3C)c(=O)n2[C@H]1c1ccc(N(C)C)cc1. The quantitative estimate of drug-likeness (QED) is 0.330. The maximum atomic E-state index is 14.0. The molecule has 1 aliphatic rings. The molecular formula is C32H32N4O5S. The van der Waals surface area contributed by atoms with Crippen LogP contribution in [0, 0.1) is 13.8 Å². The highest BCUT2D eigenvalue weighted by atomic mass is 32.1. The molecule has 0 unspecified atom stereocenters. The molecule has 0 bridgehead atoms. The van der Waals surface area contributed by atoms with Crippen LogP contribution in [0.15, 0.2) is 75.7 Å². The Morgan fingerprint density at radius 2 is 1.81 bits per heavy atom. The number of thiazole rings is 1. The van der Waals surface area contributed by atoms with Gasteiger partial charge in [0.15, 0.2) is 4.80 Å². The fourth-order valence-electron chi connectivity index (χ4n) is 5.31. The molecule has 4 aromatic rings. The van der Waals surface area contributed by atoms with E-state index in [9.17, 15) is 19.5 Å². The van der Waals surface area contributed by atoms with Gasteiger partial charge in [-0.25, -0.2) is 14.6 Å². The number of fused-ring (bicyclic) bond motifs is 1. The predicted octanol–water partition coefficient (Wildman–Crippen LogP) is 3.97. The van der Waals surface area contributed by atoms with Crippen molar-refractivity contribution in [2.24, 2.45) is 4.99 Å². The van der Waals surface area contributed by atoms with Crippen molar-refractivity contribution in [2.45, 2.75) is 33.7 Å². The smallest absolute Gasteiger partial charge is 0.338 e. The van der Waals surface area contributed by atoms with Gasteiger partial charge in [-0.15, -0.1) is 0 Å². The molecule has 9 nitrogen and oxygen atoms in total. The zero-order chi connectivity index (χ0) is 30.3. The molecule has 0 spiro atoms. The molecule has 0 amide bonds. The summed E-state index contributed by atoms with van der Waals surface area (Å²) in [5.41, 5.74) is 5.87. The summed E-state index contributed by atoms with van der Waals surface area (Å²) in [7, 11) is 3.90. The summed E-state index contributed by atoms with van der Waals surface area (Å²) < 4.78 is 9.41. The Hall–Kier alpha value is -4.70. The number of aromatic carboxylic acids is 1. The van der Waals surface area contributed by atoms with Gasteiger partial charge >= 0.3 is 11.9 Å². The summed E-state index contributed by atoms with van der Waals surface area (Å²) in [5, 5.41) is 9.45. The van der Waals surface area contributed by atoms with Crippen LogP contribution < -0.4 is 19.8 Å². The third-order valence-electron chi connectivity index (χ3n) is 7.35. The minimum Gasteiger partial charge on any atom is -0.478 e. The van der Waals surface area contributed by atoms with Crippen LogP contribution in [0.1, 0.15) is 52.8 Å². The first-order chi connectivity index (χ1) is 20.0. The molecule has 0 saturated carbocycles. The number of benzene rings is 2. The van der Waals surface area contributed by atoms with Gasteiger partial charge in [-0.3, -0.25) is 9.36 Å². The largest absolute Gasteiger partial charge is 0.478 e. The number of anilines is 1. The number of carboxylic acid groups (broad SMARTS) is 1. The summed E-state index contributed by atoms with van der Waals surface area (Å²) in [5.74, 6) is -1.49. The molecule has 1 N–H and O–H groups in total. The molecule has 216 valence electrons. The summed E-state index contributed by atoms with van der Waals surface area (Å²) in [4.78, 5) is 45.9. The lowest BCUT2D eigenvalue weighted by molar-refractivity contribution is -0.139. The summed E-state index contributed by atoms with van der Waals surface area (Å²) in [6.45, 7) is 7.59. The number of aromatic nitrogens is 2. The molecule has 2 aromatic heterocycles. The Morgan fingerprint density at radius 1 is 1.10 bits per heavy atom. The van der Waals surface area contributed by atoms with E-state index < -0.39 is 18.0 Å². The van der Waals surface area contributed by atoms with E-state index in [-0.39, 0.29) is 17.7 Å². The van der Waals surface area contributed by atoms with Crippen molar-refractivity contribution in [3.05, 3.63) is 114 Å². The average Bonchev–Trinajstić information content (AvgIpc) is 3.41. The third kappa shape index (κ3) is 5.09. The van der Waals surface area contributed by atoms with Crippen molar-refractivity contribution in [1.29, 1.82) is 0 Å². The van der Waals surface area contributed by atoms with Crippen LogP contribution in [0.25, 0.3) is 11.8 Å². The number of carboxylic acids is 1. The highest BCUT2D eigenvalue weighted by Gasteiger charge is 2.33. The topological polar surface area (TPSA) is 106 Å². The molecule has 1 aliphatic heterocycles. The van der Waals surface area contributed by atoms with E-state index in [4.69, 9.17) is 4.74 Å². The van der Waals surface area contributed by atoms with E-state index in [1.54, 1.807) is 36.6 Å². The van der Waals surface area contributed by atoms with Gasteiger partial charge in [-0.2, -0.15) is 0 Å².